The summed E-state index contributed by atoms with van der Waals surface area (Å²) in [4.78, 5) is 17.4. The van der Waals surface area contributed by atoms with Gasteiger partial charge in [-0.15, -0.1) is 0 Å². The van der Waals surface area contributed by atoms with Crippen molar-refractivity contribution in [2.45, 2.75) is 11.2 Å². The average Bonchev–Trinajstić information content (AvgIpc) is 3.22. The van der Waals surface area contributed by atoms with Crippen LogP contribution in [0.25, 0.3) is 22.2 Å². The molecule has 5 heteroatoms. The number of aromatic nitrogens is 2. The Kier molecular flexibility index (Phi) is 4.17. The van der Waals surface area contributed by atoms with Crippen LogP contribution in [-0.2, 0) is 11.8 Å². The fourth-order valence-corrected chi connectivity index (χ4v) is 4.69. The van der Waals surface area contributed by atoms with E-state index < -0.39 is 0 Å². The molecule has 1 aliphatic rings. The number of carbonyl (C=O) groups is 1. The van der Waals surface area contributed by atoms with Crippen LogP contribution in [0.1, 0.15) is 17.2 Å². The number of aryl methyl sites for hydroxylation is 1. The van der Waals surface area contributed by atoms with E-state index in [4.69, 9.17) is 0 Å². The van der Waals surface area contributed by atoms with Gasteiger partial charge in [-0.1, -0.05) is 72.4 Å². The SMILES string of the molecule is Cn1c(SCC(=O)NC2c3ccccc3-c3ccccc32)nc2ccccc21. The first-order valence-corrected chi connectivity index (χ1v) is 10.2. The number of hydrogen-bond acceptors (Lipinski definition) is 3. The Morgan fingerprint density at radius 1 is 0.964 bits per heavy atom. The lowest BCUT2D eigenvalue weighted by Crippen LogP contribution is -2.29. The van der Waals surface area contributed by atoms with Gasteiger partial charge in [0.05, 0.1) is 22.8 Å². The Morgan fingerprint density at radius 3 is 2.25 bits per heavy atom. The molecule has 1 aliphatic carbocycles. The number of para-hydroxylation sites is 2. The van der Waals surface area contributed by atoms with Crippen LogP contribution in [0.2, 0.25) is 0 Å². The number of fused-ring (bicyclic) bond motifs is 4. The summed E-state index contributed by atoms with van der Waals surface area (Å²) in [5, 5.41) is 4.07. The van der Waals surface area contributed by atoms with Gasteiger partial charge in [0.15, 0.2) is 5.16 Å². The van der Waals surface area contributed by atoms with Gasteiger partial charge < -0.3 is 9.88 Å². The third kappa shape index (κ3) is 2.79. The van der Waals surface area contributed by atoms with E-state index in [0.29, 0.717) is 5.75 Å². The average molecular weight is 385 g/mol. The molecule has 0 unspecified atom stereocenters. The maximum atomic E-state index is 12.7. The number of hydrogen-bond donors (Lipinski definition) is 1. The van der Waals surface area contributed by atoms with Crippen LogP contribution in [0.15, 0.2) is 78.0 Å². The van der Waals surface area contributed by atoms with Crippen LogP contribution in [0.5, 0.6) is 0 Å². The van der Waals surface area contributed by atoms with Gasteiger partial charge in [-0.3, -0.25) is 4.79 Å². The molecule has 4 aromatic rings. The monoisotopic (exact) mass is 385 g/mol. The molecule has 0 radical (unpaired) electrons. The van der Waals surface area contributed by atoms with Crippen LogP contribution >= 0.6 is 11.8 Å². The maximum Gasteiger partial charge on any atom is 0.231 e. The van der Waals surface area contributed by atoms with Crippen LogP contribution < -0.4 is 5.32 Å². The highest BCUT2D eigenvalue weighted by Gasteiger charge is 2.29. The van der Waals surface area contributed by atoms with Crippen molar-refractivity contribution >= 4 is 28.7 Å². The van der Waals surface area contributed by atoms with Crippen molar-refractivity contribution in [3.8, 4) is 11.1 Å². The number of carbonyl (C=O) groups excluding carboxylic acids is 1. The van der Waals surface area contributed by atoms with Crippen LogP contribution in [0, 0.1) is 0 Å². The third-order valence-electron chi connectivity index (χ3n) is 5.22. The Balaban J connectivity index is 1.35. The predicted molar refractivity (Wildman–Crippen MR) is 113 cm³/mol. The molecule has 0 aliphatic heterocycles. The zero-order chi connectivity index (χ0) is 19.1. The standard InChI is InChI=1S/C23H19N3OS/c1-26-20-13-7-6-12-19(20)24-23(26)28-14-21(27)25-22-17-10-4-2-8-15(17)16-9-3-5-11-18(16)22/h2-13,22H,14H2,1H3,(H,25,27). The molecule has 1 aromatic heterocycles. The first kappa shape index (κ1) is 17.1. The van der Waals surface area contributed by atoms with E-state index >= 15 is 0 Å². The van der Waals surface area contributed by atoms with Gasteiger partial charge >= 0.3 is 0 Å². The summed E-state index contributed by atoms with van der Waals surface area (Å²) in [6, 6.07) is 24.5. The molecule has 0 saturated heterocycles. The van der Waals surface area contributed by atoms with Gasteiger partial charge in [-0.05, 0) is 34.4 Å². The third-order valence-corrected chi connectivity index (χ3v) is 6.25. The van der Waals surface area contributed by atoms with E-state index in [1.54, 1.807) is 0 Å². The number of nitrogens with zero attached hydrogens (tertiary/aromatic N) is 2. The highest BCUT2D eigenvalue weighted by Crippen LogP contribution is 2.43. The molecule has 5 rings (SSSR count). The van der Waals surface area contributed by atoms with Crippen LogP contribution in [0.4, 0.5) is 0 Å². The Labute approximate surface area is 167 Å². The first-order chi connectivity index (χ1) is 13.7. The molecular weight excluding hydrogens is 366 g/mol. The molecule has 1 heterocycles. The van der Waals surface area contributed by atoms with E-state index in [9.17, 15) is 4.79 Å². The quantitative estimate of drug-likeness (QED) is 0.524. The summed E-state index contributed by atoms with van der Waals surface area (Å²) in [6.07, 6.45) is 0. The number of amides is 1. The smallest absolute Gasteiger partial charge is 0.231 e. The summed E-state index contributed by atoms with van der Waals surface area (Å²) in [6.45, 7) is 0. The summed E-state index contributed by atoms with van der Waals surface area (Å²) in [5.74, 6) is 0.339. The zero-order valence-electron chi connectivity index (χ0n) is 15.4. The molecule has 138 valence electrons. The molecule has 3 aromatic carbocycles. The van der Waals surface area contributed by atoms with Crippen molar-refractivity contribution in [3.63, 3.8) is 0 Å². The van der Waals surface area contributed by atoms with Crippen molar-refractivity contribution in [2.75, 3.05) is 5.75 Å². The maximum absolute atomic E-state index is 12.7. The number of thioether (sulfide) groups is 1. The minimum atomic E-state index is -0.0963. The van der Waals surface area contributed by atoms with Crippen LogP contribution in [-0.4, -0.2) is 21.2 Å². The van der Waals surface area contributed by atoms with E-state index in [1.165, 1.54) is 22.9 Å². The topological polar surface area (TPSA) is 46.9 Å². The summed E-state index contributed by atoms with van der Waals surface area (Å²) in [7, 11) is 1.99. The number of imidazole rings is 1. The molecule has 0 saturated carbocycles. The lowest BCUT2D eigenvalue weighted by Gasteiger charge is -2.15. The van der Waals surface area contributed by atoms with Gasteiger partial charge in [0, 0.05) is 7.05 Å². The summed E-state index contributed by atoms with van der Waals surface area (Å²) >= 11 is 1.47. The second-order valence-electron chi connectivity index (χ2n) is 6.91. The lowest BCUT2D eigenvalue weighted by atomic mass is 10.1. The lowest BCUT2D eigenvalue weighted by molar-refractivity contribution is -0.119. The predicted octanol–water partition coefficient (Wildman–Crippen LogP) is 4.55. The molecular formula is C23H19N3OS. The molecule has 0 spiro atoms. The van der Waals surface area contributed by atoms with Gasteiger partial charge in [0.1, 0.15) is 0 Å². The number of nitrogens with one attached hydrogen (secondary N) is 1. The van der Waals surface area contributed by atoms with Gasteiger partial charge in [-0.2, -0.15) is 0 Å². The minimum Gasteiger partial charge on any atom is -0.344 e. The van der Waals surface area contributed by atoms with Crippen molar-refractivity contribution in [2.24, 2.45) is 7.05 Å². The Morgan fingerprint density at radius 2 is 1.57 bits per heavy atom. The highest BCUT2D eigenvalue weighted by molar-refractivity contribution is 7.99. The van der Waals surface area contributed by atoms with Crippen molar-refractivity contribution < 1.29 is 4.79 Å². The van der Waals surface area contributed by atoms with Crippen molar-refractivity contribution in [1.82, 2.24) is 14.9 Å². The second kappa shape index (κ2) is 6.84. The molecule has 0 fully saturated rings. The fourth-order valence-electron chi connectivity index (χ4n) is 3.90. The summed E-state index contributed by atoms with van der Waals surface area (Å²) in [5.41, 5.74) is 6.74. The second-order valence-corrected chi connectivity index (χ2v) is 7.85. The molecule has 0 atom stereocenters. The van der Waals surface area contributed by atoms with E-state index in [0.717, 1.165) is 27.3 Å². The van der Waals surface area contributed by atoms with Gasteiger partial charge in [0.2, 0.25) is 5.91 Å². The van der Waals surface area contributed by atoms with E-state index in [-0.39, 0.29) is 11.9 Å². The van der Waals surface area contributed by atoms with Crippen LogP contribution in [0.3, 0.4) is 0 Å². The summed E-state index contributed by atoms with van der Waals surface area (Å²) < 4.78 is 2.04. The highest BCUT2D eigenvalue weighted by atomic mass is 32.2. The number of benzene rings is 3. The molecule has 1 N–H and O–H groups in total. The zero-order valence-corrected chi connectivity index (χ0v) is 16.2. The fraction of sp³-hybridized carbons (Fsp3) is 0.130. The Hall–Kier alpha value is -3.05. The van der Waals surface area contributed by atoms with E-state index in [1.807, 2.05) is 60.1 Å². The van der Waals surface area contributed by atoms with Gasteiger partial charge in [0.25, 0.3) is 0 Å². The molecule has 1 amide bonds. The molecule has 0 bridgehead atoms. The number of rotatable bonds is 4. The molecule has 4 nitrogen and oxygen atoms in total. The minimum absolute atomic E-state index is 0.00793. The Bertz CT molecular complexity index is 1150. The normalized spacial score (nSPS) is 12.8. The van der Waals surface area contributed by atoms with Crippen molar-refractivity contribution in [3.05, 3.63) is 83.9 Å². The largest absolute Gasteiger partial charge is 0.344 e. The van der Waals surface area contributed by atoms with Crippen molar-refractivity contribution in [1.29, 1.82) is 0 Å². The molecule has 28 heavy (non-hydrogen) atoms. The van der Waals surface area contributed by atoms with Gasteiger partial charge in [-0.25, -0.2) is 4.98 Å². The van der Waals surface area contributed by atoms with E-state index in [2.05, 4.69) is 34.6 Å². The first-order valence-electron chi connectivity index (χ1n) is 9.24.